The number of hydrogen-bond donors (Lipinski definition) is 2. The highest BCUT2D eigenvalue weighted by atomic mass is 35.5. The lowest BCUT2D eigenvalue weighted by molar-refractivity contribution is 0.706. The summed E-state index contributed by atoms with van der Waals surface area (Å²) in [6.07, 6.45) is 3.45. The molecule has 0 unspecified atom stereocenters. The van der Waals surface area contributed by atoms with Crippen molar-refractivity contribution in [2.45, 2.75) is 19.8 Å². The van der Waals surface area contributed by atoms with Crippen LogP contribution in [0.15, 0.2) is 11.1 Å². The number of nitrogens with two attached hydrogens (primary N) is 1. The fraction of sp³-hybridized carbons (Fsp3) is 0.600. The topological polar surface area (TPSA) is 75.0 Å². The first-order valence-corrected chi connectivity index (χ1v) is 5.76. The molecule has 3 N–H and O–H groups in total. The molecule has 0 aliphatic rings. The van der Waals surface area contributed by atoms with Crippen molar-refractivity contribution in [1.82, 2.24) is 9.97 Å². The molecule has 0 atom stereocenters. The Morgan fingerprint density at radius 3 is 2.94 bits per heavy atom. The zero-order valence-electron chi connectivity index (χ0n) is 9.37. The molecule has 0 aliphatic heterocycles. The summed E-state index contributed by atoms with van der Waals surface area (Å²) in [5.74, 6) is 0.518. The number of rotatable bonds is 6. The third-order valence-corrected chi connectivity index (χ3v) is 2.60. The van der Waals surface area contributed by atoms with E-state index in [1.54, 1.807) is 0 Å². The van der Waals surface area contributed by atoms with Crippen LogP contribution in [-0.2, 0) is 0 Å². The standard InChI is InChI=1S/C10H17ClN4O/c1-2-3-5-15(6-4-12)9-8(11)10(16)14-7-13-9/h7H,2-6,12H2,1H3,(H,13,14,16). The van der Waals surface area contributed by atoms with E-state index in [4.69, 9.17) is 17.3 Å². The van der Waals surface area contributed by atoms with Crippen LogP contribution < -0.4 is 16.2 Å². The van der Waals surface area contributed by atoms with Gasteiger partial charge in [-0.05, 0) is 6.42 Å². The first kappa shape index (κ1) is 13.0. The first-order chi connectivity index (χ1) is 7.70. The SMILES string of the molecule is CCCCN(CCN)c1nc[nH]c(=O)c1Cl. The quantitative estimate of drug-likeness (QED) is 0.783. The van der Waals surface area contributed by atoms with Gasteiger partial charge in [-0.3, -0.25) is 4.79 Å². The highest BCUT2D eigenvalue weighted by Gasteiger charge is 2.12. The lowest BCUT2D eigenvalue weighted by Gasteiger charge is -2.23. The number of H-pyrrole nitrogens is 1. The molecule has 0 amide bonds. The van der Waals surface area contributed by atoms with E-state index in [1.165, 1.54) is 6.33 Å². The summed E-state index contributed by atoms with van der Waals surface area (Å²) in [5, 5.41) is 0.132. The van der Waals surface area contributed by atoms with Crippen LogP contribution >= 0.6 is 11.6 Å². The van der Waals surface area contributed by atoms with Crippen LogP contribution in [0.5, 0.6) is 0 Å². The Hall–Kier alpha value is -1.07. The third-order valence-electron chi connectivity index (χ3n) is 2.26. The number of unbranched alkanes of at least 4 members (excludes halogenated alkanes) is 1. The lowest BCUT2D eigenvalue weighted by atomic mass is 10.3. The summed E-state index contributed by atoms with van der Waals surface area (Å²) < 4.78 is 0. The number of anilines is 1. The van der Waals surface area contributed by atoms with Crippen molar-refractivity contribution >= 4 is 17.4 Å². The Kier molecular flexibility index (Phi) is 5.28. The van der Waals surface area contributed by atoms with Crippen molar-refractivity contribution in [3.8, 4) is 0 Å². The average molecular weight is 245 g/mol. The molecular weight excluding hydrogens is 228 g/mol. The van der Waals surface area contributed by atoms with E-state index in [0.717, 1.165) is 19.4 Å². The van der Waals surface area contributed by atoms with Gasteiger partial charge in [-0.1, -0.05) is 24.9 Å². The van der Waals surface area contributed by atoms with Crippen LogP contribution in [0, 0.1) is 0 Å². The smallest absolute Gasteiger partial charge is 0.271 e. The van der Waals surface area contributed by atoms with E-state index in [1.807, 2.05) is 4.90 Å². The minimum absolute atomic E-state index is 0.132. The molecule has 0 saturated carbocycles. The maximum atomic E-state index is 11.3. The van der Waals surface area contributed by atoms with Gasteiger partial charge in [-0.15, -0.1) is 0 Å². The van der Waals surface area contributed by atoms with Crippen molar-refractivity contribution in [2.75, 3.05) is 24.5 Å². The summed E-state index contributed by atoms with van der Waals surface area (Å²) >= 11 is 5.91. The second-order valence-electron chi connectivity index (χ2n) is 3.50. The van der Waals surface area contributed by atoms with Gasteiger partial charge < -0.3 is 15.6 Å². The van der Waals surface area contributed by atoms with E-state index in [-0.39, 0.29) is 10.6 Å². The fourth-order valence-corrected chi connectivity index (χ4v) is 1.65. The summed E-state index contributed by atoms with van der Waals surface area (Å²) in [6.45, 7) is 4.07. The molecule has 1 aromatic heterocycles. The highest BCUT2D eigenvalue weighted by Crippen LogP contribution is 2.18. The molecule has 6 heteroatoms. The highest BCUT2D eigenvalue weighted by molar-refractivity contribution is 6.32. The summed E-state index contributed by atoms with van der Waals surface area (Å²) in [4.78, 5) is 19.8. The molecular formula is C10H17ClN4O. The van der Waals surface area contributed by atoms with E-state index in [9.17, 15) is 4.79 Å². The Balaban J connectivity index is 2.91. The molecule has 0 radical (unpaired) electrons. The Bertz CT molecular complexity index is 379. The number of aromatic amines is 1. The van der Waals surface area contributed by atoms with Gasteiger partial charge in [-0.2, -0.15) is 0 Å². The van der Waals surface area contributed by atoms with Gasteiger partial charge in [0, 0.05) is 19.6 Å². The largest absolute Gasteiger partial charge is 0.354 e. The van der Waals surface area contributed by atoms with Gasteiger partial charge in [0.1, 0.15) is 5.02 Å². The van der Waals surface area contributed by atoms with Gasteiger partial charge in [-0.25, -0.2) is 4.98 Å². The molecule has 90 valence electrons. The molecule has 0 aliphatic carbocycles. The van der Waals surface area contributed by atoms with Crippen LogP contribution in [0.25, 0.3) is 0 Å². The predicted molar refractivity (Wildman–Crippen MR) is 66.0 cm³/mol. The van der Waals surface area contributed by atoms with E-state index in [0.29, 0.717) is 18.9 Å². The number of aromatic nitrogens is 2. The van der Waals surface area contributed by atoms with Gasteiger partial charge in [0.15, 0.2) is 5.82 Å². The van der Waals surface area contributed by atoms with Gasteiger partial charge >= 0.3 is 0 Å². The lowest BCUT2D eigenvalue weighted by Crippen LogP contribution is -2.32. The molecule has 16 heavy (non-hydrogen) atoms. The second-order valence-corrected chi connectivity index (χ2v) is 3.88. The number of halogens is 1. The fourth-order valence-electron chi connectivity index (χ4n) is 1.42. The zero-order valence-corrected chi connectivity index (χ0v) is 10.1. The van der Waals surface area contributed by atoms with E-state index >= 15 is 0 Å². The van der Waals surface area contributed by atoms with E-state index < -0.39 is 0 Å². The number of nitrogens with zero attached hydrogens (tertiary/aromatic N) is 2. The Morgan fingerprint density at radius 1 is 1.56 bits per heavy atom. The molecule has 0 spiro atoms. The molecule has 1 heterocycles. The third kappa shape index (κ3) is 3.21. The average Bonchev–Trinajstić information content (AvgIpc) is 2.28. The first-order valence-electron chi connectivity index (χ1n) is 5.39. The van der Waals surface area contributed by atoms with Crippen LogP contribution in [0.1, 0.15) is 19.8 Å². The molecule has 1 rings (SSSR count). The van der Waals surface area contributed by atoms with Crippen molar-refractivity contribution in [3.05, 3.63) is 21.7 Å². The van der Waals surface area contributed by atoms with Crippen LogP contribution in [0.2, 0.25) is 5.02 Å². The van der Waals surface area contributed by atoms with Crippen molar-refractivity contribution < 1.29 is 0 Å². The molecule has 0 bridgehead atoms. The zero-order chi connectivity index (χ0) is 12.0. The summed E-state index contributed by atoms with van der Waals surface area (Å²) in [6, 6.07) is 0. The maximum Gasteiger partial charge on any atom is 0.271 e. The number of hydrogen-bond acceptors (Lipinski definition) is 4. The second kappa shape index (κ2) is 6.50. The van der Waals surface area contributed by atoms with Gasteiger partial charge in [0.2, 0.25) is 0 Å². The predicted octanol–water partition coefficient (Wildman–Crippen LogP) is 0.989. The molecule has 5 nitrogen and oxygen atoms in total. The Labute approximate surface area is 99.6 Å². The monoisotopic (exact) mass is 244 g/mol. The maximum absolute atomic E-state index is 11.3. The molecule has 0 aromatic carbocycles. The van der Waals surface area contributed by atoms with Crippen LogP contribution in [0.3, 0.4) is 0 Å². The Morgan fingerprint density at radius 2 is 2.31 bits per heavy atom. The van der Waals surface area contributed by atoms with Crippen LogP contribution in [0.4, 0.5) is 5.82 Å². The minimum Gasteiger partial charge on any atom is -0.354 e. The normalized spacial score (nSPS) is 10.4. The van der Waals surface area contributed by atoms with Crippen molar-refractivity contribution in [1.29, 1.82) is 0 Å². The molecule has 1 aromatic rings. The van der Waals surface area contributed by atoms with E-state index in [2.05, 4.69) is 16.9 Å². The molecule has 0 saturated heterocycles. The number of nitrogens with one attached hydrogen (secondary N) is 1. The van der Waals surface area contributed by atoms with Crippen molar-refractivity contribution in [2.24, 2.45) is 5.73 Å². The van der Waals surface area contributed by atoms with Gasteiger partial charge in [0.05, 0.1) is 6.33 Å². The summed E-state index contributed by atoms with van der Waals surface area (Å²) in [5.41, 5.74) is 5.21. The molecule has 0 fully saturated rings. The van der Waals surface area contributed by atoms with Crippen molar-refractivity contribution in [3.63, 3.8) is 0 Å². The van der Waals surface area contributed by atoms with Crippen LogP contribution in [-0.4, -0.2) is 29.6 Å². The van der Waals surface area contributed by atoms with Gasteiger partial charge in [0.25, 0.3) is 5.56 Å². The minimum atomic E-state index is -0.315. The summed E-state index contributed by atoms with van der Waals surface area (Å²) in [7, 11) is 0.